The molecule has 2 amide bonds. The number of nitrogens with one attached hydrogen (secondary N) is 3. The summed E-state index contributed by atoms with van der Waals surface area (Å²) in [6.45, 7) is 0. The van der Waals surface area contributed by atoms with Gasteiger partial charge in [-0.3, -0.25) is 5.41 Å². The van der Waals surface area contributed by atoms with Crippen molar-refractivity contribution in [3.8, 4) is 0 Å². The third-order valence-electron chi connectivity index (χ3n) is 1.66. The number of urea groups is 1. The van der Waals surface area contributed by atoms with Crippen LogP contribution in [-0.4, -0.2) is 18.9 Å². The Labute approximate surface area is 81.8 Å². The quantitative estimate of drug-likeness (QED) is 0.411. The van der Waals surface area contributed by atoms with Gasteiger partial charge in [0.15, 0.2) is 0 Å². The Bertz CT molecular complexity index is 362. The predicted octanol–water partition coefficient (Wildman–Crippen LogP) is 0.722. The number of carbonyl (C=O) groups is 1. The van der Waals surface area contributed by atoms with Gasteiger partial charge in [-0.2, -0.15) is 0 Å². The molecule has 0 aliphatic rings. The first-order valence-electron chi connectivity index (χ1n) is 4.06. The van der Waals surface area contributed by atoms with Crippen LogP contribution in [0.4, 0.5) is 10.5 Å². The highest BCUT2D eigenvalue weighted by atomic mass is 16.2. The van der Waals surface area contributed by atoms with Gasteiger partial charge in [0.05, 0.1) is 0 Å². The van der Waals surface area contributed by atoms with Crippen molar-refractivity contribution in [3.63, 3.8) is 0 Å². The van der Waals surface area contributed by atoms with E-state index in [1.807, 2.05) is 0 Å². The van der Waals surface area contributed by atoms with Gasteiger partial charge in [0.25, 0.3) is 0 Å². The average molecular weight is 192 g/mol. The summed E-state index contributed by atoms with van der Waals surface area (Å²) in [5, 5.41) is 12.2. The lowest BCUT2D eigenvalue weighted by atomic mass is 10.2. The second-order valence-electron chi connectivity index (χ2n) is 2.70. The molecule has 1 rings (SSSR count). The molecule has 5 nitrogen and oxygen atoms in total. The molecule has 0 spiro atoms. The predicted molar refractivity (Wildman–Crippen MR) is 55.5 cm³/mol. The summed E-state index contributed by atoms with van der Waals surface area (Å²) in [7, 11) is 1.53. The molecule has 5 N–H and O–H groups in total. The fourth-order valence-corrected chi connectivity index (χ4v) is 0.958. The minimum atomic E-state index is -0.300. The highest BCUT2D eigenvalue weighted by molar-refractivity contribution is 5.97. The zero-order chi connectivity index (χ0) is 10.6. The van der Waals surface area contributed by atoms with Crippen molar-refractivity contribution < 1.29 is 4.79 Å². The van der Waals surface area contributed by atoms with Gasteiger partial charge >= 0.3 is 6.03 Å². The van der Waals surface area contributed by atoms with Crippen LogP contribution in [0, 0.1) is 5.41 Å². The molecule has 0 unspecified atom stereocenters. The van der Waals surface area contributed by atoms with Gasteiger partial charge in [0.1, 0.15) is 5.84 Å². The van der Waals surface area contributed by atoms with Crippen molar-refractivity contribution >= 4 is 17.6 Å². The first-order valence-corrected chi connectivity index (χ1v) is 4.06. The molecule has 14 heavy (non-hydrogen) atoms. The number of carbonyl (C=O) groups excluding carboxylic acids is 1. The number of amidine groups is 1. The fourth-order valence-electron chi connectivity index (χ4n) is 0.958. The summed E-state index contributed by atoms with van der Waals surface area (Å²) in [5.41, 5.74) is 6.49. The molecule has 0 atom stereocenters. The topological polar surface area (TPSA) is 91.0 Å². The van der Waals surface area contributed by atoms with Crippen LogP contribution in [0.15, 0.2) is 24.3 Å². The van der Waals surface area contributed by atoms with E-state index in [4.69, 9.17) is 11.1 Å². The Kier molecular flexibility index (Phi) is 3.06. The van der Waals surface area contributed by atoms with Gasteiger partial charge in [-0.15, -0.1) is 0 Å². The third kappa shape index (κ3) is 2.48. The molecule has 0 saturated heterocycles. The zero-order valence-corrected chi connectivity index (χ0v) is 7.79. The monoisotopic (exact) mass is 192 g/mol. The Balaban J connectivity index is 2.83. The molecule has 0 aliphatic carbocycles. The minimum absolute atomic E-state index is 0.0226. The van der Waals surface area contributed by atoms with Crippen molar-refractivity contribution in [3.05, 3.63) is 29.8 Å². The second kappa shape index (κ2) is 4.27. The number of nitrogen functional groups attached to an aromatic ring is 1. The summed E-state index contributed by atoms with van der Waals surface area (Å²) in [6, 6.07) is 6.49. The third-order valence-corrected chi connectivity index (χ3v) is 1.66. The van der Waals surface area contributed by atoms with Crippen LogP contribution in [0.25, 0.3) is 0 Å². The number of anilines is 1. The molecule has 5 heteroatoms. The molecule has 1 aromatic rings. The van der Waals surface area contributed by atoms with E-state index in [1.165, 1.54) is 7.05 Å². The molecule has 1 aromatic carbocycles. The molecule has 0 aliphatic heterocycles. The van der Waals surface area contributed by atoms with Crippen molar-refractivity contribution in [1.82, 2.24) is 5.32 Å². The minimum Gasteiger partial charge on any atom is -0.384 e. The van der Waals surface area contributed by atoms with E-state index in [9.17, 15) is 4.79 Å². The van der Waals surface area contributed by atoms with E-state index in [-0.39, 0.29) is 11.9 Å². The van der Waals surface area contributed by atoms with Crippen LogP contribution in [-0.2, 0) is 0 Å². The number of rotatable bonds is 2. The lowest BCUT2D eigenvalue weighted by Gasteiger charge is -2.05. The highest BCUT2D eigenvalue weighted by Gasteiger charge is 2.00. The number of amides is 2. The van der Waals surface area contributed by atoms with E-state index in [0.29, 0.717) is 11.3 Å². The van der Waals surface area contributed by atoms with Gasteiger partial charge in [-0.1, -0.05) is 12.1 Å². The fraction of sp³-hybridized carbons (Fsp3) is 0.111. The van der Waals surface area contributed by atoms with E-state index in [1.54, 1.807) is 24.3 Å². The molecule has 0 fully saturated rings. The first-order chi connectivity index (χ1) is 6.63. The first kappa shape index (κ1) is 10.0. The Morgan fingerprint density at radius 2 is 2.21 bits per heavy atom. The smallest absolute Gasteiger partial charge is 0.318 e. The maximum absolute atomic E-state index is 11.0. The summed E-state index contributed by atoms with van der Waals surface area (Å²) in [6.07, 6.45) is 0. The average Bonchev–Trinajstić information content (AvgIpc) is 2.18. The van der Waals surface area contributed by atoms with Gasteiger partial charge < -0.3 is 16.4 Å². The molecule has 0 aromatic heterocycles. The number of hydrogen-bond acceptors (Lipinski definition) is 2. The molecule has 0 heterocycles. The molecular weight excluding hydrogens is 180 g/mol. The Hall–Kier alpha value is -2.04. The largest absolute Gasteiger partial charge is 0.384 e. The van der Waals surface area contributed by atoms with Crippen LogP contribution in [0.5, 0.6) is 0 Å². The zero-order valence-electron chi connectivity index (χ0n) is 7.79. The van der Waals surface area contributed by atoms with E-state index in [0.717, 1.165) is 0 Å². The maximum atomic E-state index is 11.0. The lowest BCUT2D eigenvalue weighted by molar-refractivity contribution is 0.254. The van der Waals surface area contributed by atoms with Crippen molar-refractivity contribution in [2.24, 2.45) is 5.73 Å². The molecule has 0 bridgehead atoms. The Morgan fingerprint density at radius 1 is 1.50 bits per heavy atom. The van der Waals surface area contributed by atoms with Crippen molar-refractivity contribution in [2.75, 3.05) is 12.4 Å². The van der Waals surface area contributed by atoms with Crippen molar-refractivity contribution in [1.29, 1.82) is 5.41 Å². The number of hydrogen-bond donors (Lipinski definition) is 4. The summed E-state index contributed by atoms with van der Waals surface area (Å²) >= 11 is 0. The van der Waals surface area contributed by atoms with E-state index < -0.39 is 0 Å². The van der Waals surface area contributed by atoms with Crippen molar-refractivity contribution in [2.45, 2.75) is 0 Å². The van der Waals surface area contributed by atoms with E-state index in [2.05, 4.69) is 10.6 Å². The number of benzene rings is 1. The van der Waals surface area contributed by atoms with Gasteiger partial charge in [0, 0.05) is 18.3 Å². The SMILES string of the molecule is CNC(=O)Nc1cccc(C(=N)N)c1. The summed E-state index contributed by atoms with van der Waals surface area (Å²) in [4.78, 5) is 11.0. The molecule has 0 radical (unpaired) electrons. The van der Waals surface area contributed by atoms with Crippen LogP contribution in [0.1, 0.15) is 5.56 Å². The van der Waals surface area contributed by atoms with Crippen LogP contribution < -0.4 is 16.4 Å². The van der Waals surface area contributed by atoms with E-state index >= 15 is 0 Å². The summed E-state index contributed by atoms with van der Waals surface area (Å²) in [5.74, 6) is -0.0226. The Morgan fingerprint density at radius 3 is 2.79 bits per heavy atom. The molecule has 74 valence electrons. The standard InChI is InChI=1S/C9H12N4O/c1-12-9(14)13-7-4-2-3-6(5-7)8(10)11/h2-5H,1H3,(H3,10,11)(H2,12,13,14). The van der Waals surface area contributed by atoms with Gasteiger partial charge in [-0.05, 0) is 12.1 Å². The maximum Gasteiger partial charge on any atom is 0.318 e. The second-order valence-corrected chi connectivity index (χ2v) is 2.70. The van der Waals surface area contributed by atoms with Gasteiger partial charge in [-0.25, -0.2) is 4.79 Å². The highest BCUT2D eigenvalue weighted by Crippen LogP contribution is 2.09. The number of nitrogens with two attached hydrogens (primary N) is 1. The van der Waals surface area contributed by atoms with Gasteiger partial charge in [0.2, 0.25) is 0 Å². The molecular formula is C9H12N4O. The van der Waals surface area contributed by atoms with Crippen LogP contribution >= 0.6 is 0 Å². The normalized spacial score (nSPS) is 9.21. The summed E-state index contributed by atoms with van der Waals surface area (Å²) < 4.78 is 0. The lowest BCUT2D eigenvalue weighted by Crippen LogP contribution is -2.24. The van der Waals surface area contributed by atoms with Crippen LogP contribution in [0.3, 0.4) is 0 Å². The molecule has 0 saturated carbocycles. The van der Waals surface area contributed by atoms with Crippen LogP contribution in [0.2, 0.25) is 0 Å².